The molecule has 0 bridgehead atoms. The lowest BCUT2D eigenvalue weighted by Crippen LogP contribution is -2.37. The number of morpholine rings is 1. The Morgan fingerprint density at radius 2 is 1.86 bits per heavy atom. The van der Waals surface area contributed by atoms with Crippen LogP contribution < -0.4 is 15.5 Å². The Balaban J connectivity index is 1.44. The number of carbonyl (C=O) groups is 1. The number of rotatable bonds is 10. The van der Waals surface area contributed by atoms with Crippen LogP contribution in [0.5, 0.6) is 0 Å². The van der Waals surface area contributed by atoms with Gasteiger partial charge in [-0.3, -0.25) is 0 Å². The summed E-state index contributed by atoms with van der Waals surface area (Å²) in [7, 11) is -3.51. The summed E-state index contributed by atoms with van der Waals surface area (Å²) >= 11 is 0. The largest absolute Gasteiger partial charge is 0.396 e. The second-order valence-electron chi connectivity index (χ2n) is 9.74. The zero-order valence-corrected chi connectivity index (χ0v) is 21.5. The molecule has 0 unspecified atom stereocenters. The third kappa shape index (κ3) is 5.94. The lowest BCUT2D eigenvalue weighted by molar-refractivity contribution is 0.122. The van der Waals surface area contributed by atoms with Crippen LogP contribution >= 0.6 is 0 Å². The first-order chi connectivity index (χ1) is 17.9. The van der Waals surface area contributed by atoms with E-state index in [0.717, 1.165) is 18.4 Å². The van der Waals surface area contributed by atoms with Crippen molar-refractivity contribution in [3.8, 4) is 11.4 Å². The maximum atomic E-state index is 13.4. The van der Waals surface area contributed by atoms with Gasteiger partial charge in [0.15, 0.2) is 15.7 Å². The van der Waals surface area contributed by atoms with Crippen molar-refractivity contribution in [3.63, 3.8) is 0 Å². The molecular weight excluding hydrogens is 494 g/mol. The summed E-state index contributed by atoms with van der Waals surface area (Å²) in [6, 6.07) is 9.11. The number of nitrogens with one attached hydrogen (secondary N) is 2. The second-order valence-corrected chi connectivity index (χ2v) is 12.1. The second kappa shape index (κ2) is 10.8. The molecule has 1 saturated heterocycles. The Kier molecular flexibility index (Phi) is 7.45. The molecule has 2 aliphatic carbocycles. The fourth-order valence-electron chi connectivity index (χ4n) is 4.42. The van der Waals surface area contributed by atoms with Gasteiger partial charge in [0.25, 0.3) is 0 Å². The molecule has 0 radical (unpaired) electrons. The van der Waals surface area contributed by atoms with Crippen molar-refractivity contribution in [2.24, 2.45) is 0 Å². The van der Waals surface area contributed by atoms with E-state index in [2.05, 4.69) is 15.5 Å². The quantitative estimate of drug-likeness (QED) is 0.402. The molecule has 37 heavy (non-hydrogen) atoms. The molecule has 3 fully saturated rings. The maximum Gasteiger partial charge on any atom is 0.319 e. The summed E-state index contributed by atoms with van der Waals surface area (Å²) in [4.78, 5) is 23.7. The number of hydrogen-bond acceptors (Lipinski definition) is 8. The molecule has 3 aliphatic rings. The summed E-state index contributed by atoms with van der Waals surface area (Å²) in [5.41, 5.74) is 1.91. The van der Waals surface area contributed by atoms with E-state index in [-0.39, 0.29) is 24.4 Å². The van der Waals surface area contributed by atoms with Crippen molar-refractivity contribution < 1.29 is 23.1 Å². The van der Waals surface area contributed by atoms with Crippen molar-refractivity contribution in [2.45, 2.75) is 42.9 Å². The molecule has 2 heterocycles. The zero-order valence-electron chi connectivity index (χ0n) is 20.7. The van der Waals surface area contributed by atoms with Crippen LogP contribution in [-0.2, 0) is 19.3 Å². The van der Waals surface area contributed by atoms with Crippen LogP contribution in [0.15, 0.2) is 42.5 Å². The highest BCUT2D eigenvalue weighted by Gasteiger charge is 2.56. The molecule has 2 aromatic rings. The molecule has 1 aromatic heterocycles. The average molecular weight is 528 g/mol. The van der Waals surface area contributed by atoms with E-state index in [1.807, 2.05) is 18.2 Å². The predicted octanol–water partition coefficient (Wildman–Crippen LogP) is 2.61. The van der Waals surface area contributed by atoms with Crippen molar-refractivity contribution in [1.29, 1.82) is 0 Å². The van der Waals surface area contributed by atoms with Gasteiger partial charge in [-0.2, -0.15) is 0 Å². The Labute approximate surface area is 217 Å². The monoisotopic (exact) mass is 527 g/mol. The summed E-state index contributed by atoms with van der Waals surface area (Å²) in [6.45, 7) is 2.48. The number of aromatic nitrogens is 2. The SMILES string of the molecule is O=C(Nc1ccc(-c2nc(N3CCOCC3)cc(C3(S(=O)(=O)CC=CCCO)CC3)n2)cc1)NC1CC1. The lowest BCUT2D eigenvalue weighted by atomic mass is 10.1. The molecule has 2 amide bonds. The number of ether oxygens (including phenoxy) is 1. The van der Waals surface area contributed by atoms with Crippen molar-refractivity contribution in [2.75, 3.05) is 48.9 Å². The summed E-state index contributed by atoms with van der Waals surface area (Å²) in [6.07, 6.45) is 6.79. The summed E-state index contributed by atoms with van der Waals surface area (Å²) in [5, 5.41) is 14.7. The molecular formula is C26H33N5O5S. The third-order valence-electron chi connectivity index (χ3n) is 6.91. The minimum absolute atomic E-state index is 0.0145. The van der Waals surface area contributed by atoms with E-state index in [0.29, 0.717) is 68.6 Å². The third-order valence-corrected chi connectivity index (χ3v) is 9.34. The van der Waals surface area contributed by atoms with Gasteiger partial charge in [0, 0.05) is 43.1 Å². The fourth-order valence-corrected chi connectivity index (χ4v) is 6.28. The Morgan fingerprint density at radius 1 is 1.14 bits per heavy atom. The number of aliphatic hydroxyl groups excluding tert-OH is 1. The van der Waals surface area contributed by atoms with Crippen LogP contribution in [0, 0.1) is 0 Å². The Morgan fingerprint density at radius 3 is 2.51 bits per heavy atom. The van der Waals surface area contributed by atoms with Gasteiger partial charge in [0.05, 0.1) is 24.7 Å². The zero-order chi connectivity index (χ0) is 25.9. The number of carbonyl (C=O) groups excluding carboxylic acids is 1. The van der Waals surface area contributed by atoms with Gasteiger partial charge in [-0.1, -0.05) is 12.2 Å². The normalized spacial score (nSPS) is 19.1. The van der Waals surface area contributed by atoms with E-state index in [1.54, 1.807) is 24.3 Å². The first-order valence-corrected chi connectivity index (χ1v) is 14.4. The van der Waals surface area contributed by atoms with Gasteiger partial charge >= 0.3 is 6.03 Å². The van der Waals surface area contributed by atoms with E-state index < -0.39 is 14.6 Å². The summed E-state index contributed by atoms with van der Waals surface area (Å²) < 4.78 is 31.2. The number of urea groups is 1. The van der Waals surface area contributed by atoms with E-state index in [1.165, 1.54) is 0 Å². The standard InChI is InChI=1S/C26H33N5O5S/c32-14-2-1-3-17-37(34,35)26(10-11-26)22-18-23(31-12-15-36-16-13-31)30-24(29-22)19-4-6-20(7-5-19)27-25(33)28-21-8-9-21/h1,3-7,18,21,32H,2,8-17H2,(H2,27,28,33). The van der Waals surface area contributed by atoms with E-state index >= 15 is 0 Å². The molecule has 198 valence electrons. The number of aliphatic hydroxyl groups is 1. The first-order valence-electron chi connectivity index (χ1n) is 12.8. The van der Waals surface area contributed by atoms with Crippen LogP contribution in [0.25, 0.3) is 11.4 Å². The fraction of sp³-hybridized carbons (Fsp3) is 0.500. The van der Waals surface area contributed by atoms with Gasteiger partial charge in [-0.15, -0.1) is 0 Å². The summed E-state index contributed by atoms with van der Waals surface area (Å²) in [5.74, 6) is 1.04. The van der Waals surface area contributed by atoms with Gasteiger partial charge in [-0.05, 0) is 56.4 Å². The number of nitrogens with zero attached hydrogens (tertiary/aromatic N) is 3. The molecule has 0 spiro atoms. The van der Waals surface area contributed by atoms with Gasteiger partial charge in [0.2, 0.25) is 0 Å². The van der Waals surface area contributed by atoms with E-state index in [9.17, 15) is 13.2 Å². The number of anilines is 2. The maximum absolute atomic E-state index is 13.4. The predicted molar refractivity (Wildman–Crippen MR) is 141 cm³/mol. The molecule has 11 heteroatoms. The highest BCUT2D eigenvalue weighted by Crippen LogP contribution is 2.53. The van der Waals surface area contributed by atoms with Gasteiger partial charge < -0.3 is 25.4 Å². The van der Waals surface area contributed by atoms with Gasteiger partial charge in [-0.25, -0.2) is 23.2 Å². The van der Waals surface area contributed by atoms with Crippen LogP contribution in [0.4, 0.5) is 16.3 Å². The number of amides is 2. The van der Waals surface area contributed by atoms with Crippen molar-refractivity contribution in [1.82, 2.24) is 15.3 Å². The molecule has 1 aromatic carbocycles. The highest BCUT2D eigenvalue weighted by molar-refractivity contribution is 7.92. The topological polar surface area (TPSA) is 134 Å². The minimum Gasteiger partial charge on any atom is -0.396 e. The van der Waals surface area contributed by atoms with Crippen LogP contribution in [0.2, 0.25) is 0 Å². The average Bonchev–Trinajstić information content (AvgIpc) is 3.83. The van der Waals surface area contributed by atoms with Gasteiger partial charge in [0.1, 0.15) is 10.6 Å². The first kappa shape index (κ1) is 25.6. The molecule has 0 atom stereocenters. The molecule has 3 N–H and O–H groups in total. The number of sulfone groups is 1. The number of hydrogen-bond donors (Lipinski definition) is 3. The van der Waals surface area contributed by atoms with Crippen LogP contribution in [0.1, 0.15) is 37.8 Å². The van der Waals surface area contributed by atoms with E-state index in [4.69, 9.17) is 19.8 Å². The molecule has 10 nitrogen and oxygen atoms in total. The molecule has 2 saturated carbocycles. The van der Waals surface area contributed by atoms with Crippen molar-refractivity contribution >= 4 is 27.4 Å². The van der Waals surface area contributed by atoms with Crippen LogP contribution in [0.3, 0.4) is 0 Å². The minimum atomic E-state index is -3.51. The lowest BCUT2D eigenvalue weighted by Gasteiger charge is -2.29. The van der Waals surface area contributed by atoms with Crippen molar-refractivity contribution in [3.05, 3.63) is 48.2 Å². The molecule has 5 rings (SSSR count). The highest BCUT2D eigenvalue weighted by atomic mass is 32.2. The number of benzene rings is 1. The van der Waals surface area contributed by atoms with Crippen LogP contribution in [-0.4, -0.2) is 74.2 Å². The molecule has 1 aliphatic heterocycles. The Bertz CT molecular complexity index is 1250. The smallest absolute Gasteiger partial charge is 0.319 e. The Hall–Kier alpha value is -3.02.